The van der Waals surface area contributed by atoms with Gasteiger partial charge in [0.2, 0.25) is 5.91 Å². The number of anilines is 1. The number of halogens is 1. The SMILES string of the molecule is NC(=O)c1ccc(NC(=O)COC(=O)C=Cc2ccc(F)cc2)cc1. The van der Waals surface area contributed by atoms with Crippen LogP contribution in [0.3, 0.4) is 0 Å². The number of carbonyl (C=O) groups is 3. The lowest BCUT2D eigenvalue weighted by Gasteiger charge is -2.05. The number of hydrogen-bond acceptors (Lipinski definition) is 4. The van der Waals surface area contributed by atoms with Crippen LogP contribution < -0.4 is 11.1 Å². The fourth-order valence-electron chi connectivity index (χ4n) is 1.84. The molecule has 0 aliphatic carbocycles. The van der Waals surface area contributed by atoms with Gasteiger partial charge in [0.05, 0.1) is 0 Å². The molecule has 0 unspecified atom stereocenters. The van der Waals surface area contributed by atoms with Crippen molar-refractivity contribution < 1.29 is 23.5 Å². The Hall–Kier alpha value is -3.48. The van der Waals surface area contributed by atoms with Crippen LogP contribution in [0.1, 0.15) is 15.9 Å². The Kier molecular flexibility index (Phi) is 6.00. The summed E-state index contributed by atoms with van der Waals surface area (Å²) >= 11 is 0. The third-order valence-electron chi connectivity index (χ3n) is 3.08. The summed E-state index contributed by atoms with van der Waals surface area (Å²) in [6.07, 6.45) is 2.59. The van der Waals surface area contributed by atoms with Gasteiger partial charge in [-0.15, -0.1) is 0 Å². The fraction of sp³-hybridized carbons (Fsp3) is 0.0556. The first-order valence-electron chi connectivity index (χ1n) is 7.24. The smallest absolute Gasteiger partial charge is 0.331 e. The summed E-state index contributed by atoms with van der Waals surface area (Å²) in [5.74, 6) is -2.18. The zero-order chi connectivity index (χ0) is 18.2. The maximum atomic E-state index is 12.8. The van der Waals surface area contributed by atoms with E-state index >= 15 is 0 Å². The molecule has 7 heteroatoms. The Morgan fingerprint density at radius 2 is 1.68 bits per heavy atom. The Labute approximate surface area is 143 Å². The van der Waals surface area contributed by atoms with E-state index in [0.29, 0.717) is 16.8 Å². The monoisotopic (exact) mass is 342 g/mol. The summed E-state index contributed by atoms with van der Waals surface area (Å²) in [6.45, 7) is -0.468. The van der Waals surface area contributed by atoms with Crippen molar-refractivity contribution in [3.63, 3.8) is 0 Å². The van der Waals surface area contributed by atoms with Gasteiger partial charge in [0.25, 0.3) is 5.91 Å². The topological polar surface area (TPSA) is 98.5 Å². The third-order valence-corrected chi connectivity index (χ3v) is 3.08. The van der Waals surface area contributed by atoms with Crippen molar-refractivity contribution in [1.29, 1.82) is 0 Å². The van der Waals surface area contributed by atoms with Crippen molar-refractivity contribution in [3.05, 3.63) is 71.6 Å². The van der Waals surface area contributed by atoms with Gasteiger partial charge in [-0.25, -0.2) is 9.18 Å². The quantitative estimate of drug-likeness (QED) is 0.620. The summed E-state index contributed by atoms with van der Waals surface area (Å²) in [6, 6.07) is 11.5. The molecule has 0 atom stereocenters. The lowest BCUT2D eigenvalue weighted by Crippen LogP contribution is -2.20. The van der Waals surface area contributed by atoms with E-state index in [9.17, 15) is 18.8 Å². The first-order valence-corrected chi connectivity index (χ1v) is 7.24. The Morgan fingerprint density at radius 1 is 1.04 bits per heavy atom. The van der Waals surface area contributed by atoms with Crippen LogP contribution in [0.2, 0.25) is 0 Å². The van der Waals surface area contributed by atoms with Crippen molar-refractivity contribution in [2.45, 2.75) is 0 Å². The molecule has 2 aromatic carbocycles. The first kappa shape index (κ1) is 17.9. The van der Waals surface area contributed by atoms with E-state index in [0.717, 1.165) is 6.08 Å². The molecule has 0 saturated heterocycles. The van der Waals surface area contributed by atoms with Gasteiger partial charge in [-0.1, -0.05) is 12.1 Å². The van der Waals surface area contributed by atoms with E-state index in [4.69, 9.17) is 10.5 Å². The van der Waals surface area contributed by atoms with Crippen LogP contribution in [0, 0.1) is 5.82 Å². The van der Waals surface area contributed by atoms with Gasteiger partial charge in [-0.05, 0) is 48.0 Å². The van der Waals surface area contributed by atoms with Crippen LogP contribution in [0.15, 0.2) is 54.6 Å². The molecule has 2 amide bonds. The Bertz CT molecular complexity index is 799. The summed E-state index contributed by atoms with van der Waals surface area (Å²) < 4.78 is 17.6. The molecule has 0 aromatic heterocycles. The molecule has 128 valence electrons. The number of primary amides is 1. The largest absolute Gasteiger partial charge is 0.452 e. The summed E-state index contributed by atoms with van der Waals surface area (Å²) in [7, 11) is 0. The second-order valence-electron chi connectivity index (χ2n) is 4.98. The maximum absolute atomic E-state index is 12.8. The predicted molar refractivity (Wildman–Crippen MR) is 90.0 cm³/mol. The molecule has 6 nitrogen and oxygen atoms in total. The van der Waals surface area contributed by atoms with Gasteiger partial charge >= 0.3 is 5.97 Å². The average Bonchev–Trinajstić information content (AvgIpc) is 2.60. The predicted octanol–water partition coefficient (Wildman–Crippen LogP) is 2.12. The van der Waals surface area contributed by atoms with Gasteiger partial charge in [0.1, 0.15) is 5.82 Å². The summed E-state index contributed by atoms with van der Waals surface area (Å²) in [5.41, 5.74) is 6.49. The fourth-order valence-corrected chi connectivity index (χ4v) is 1.84. The lowest BCUT2D eigenvalue weighted by atomic mass is 10.2. The minimum Gasteiger partial charge on any atom is -0.452 e. The van der Waals surface area contributed by atoms with Crippen LogP contribution in [0.25, 0.3) is 6.08 Å². The van der Waals surface area contributed by atoms with Crippen LogP contribution >= 0.6 is 0 Å². The standard InChI is InChI=1S/C18H15FN2O4/c19-14-6-1-12(2-7-14)3-10-17(23)25-11-16(22)21-15-8-4-13(5-9-15)18(20)24/h1-10H,11H2,(H2,20,24)(H,21,22). The maximum Gasteiger partial charge on any atom is 0.331 e. The van der Waals surface area contributed by atoms with Crippen molar-refractivity contribution >= 4 is 29.5 Å². The van der Waals surface area contributed by atoms with Gasteiger partial charge in [-0.3, -0.25) is 9.59 Å². The lowest BCUT2D eigenvalue weighted by molar-refractivity contribution is -0.142. The van der Waals surface area contributed by atoms with Crippen molar-refractivity contribution in [2.24, 2.45) is 5.73 Å². The highest BCUT2D eigenvalue weighted by Crippen LogP contribution is 2.09. The zero-order valence-corrected chi connectivity index (χ0v) is 13.1. The molecule has 0 spiro atoms. The van der Waals surface area contributed by atoms with E-state index in [-0.39, 0.29) is 5.82 Å². The third kappa shape index (κ3) is 5.91. The number of nitrogens with two attached hydrogens (primary N) is 1. The van der Waals surface area contributed by atoms with Crippen LogP contribution in [-0.4, -0.2) is 24.4 Å². The normalized spacial score (nSPS) is 10.4. The van der Waals surface area contributed by atoms with Gasteiger partial charge in [0.15, 0.2) is 6.61 Å². The molecule has 25 heavy (non-hydrogen) atoms. The zero-order valence-electron chi connectivity index (χ0n) is 13.1. The Balaban J connectivity index is 1.79. The van der Waals surface area contributed by atoms with Gasteiger partial charge in [0, 0.05) is 17.3 Å². The molecule has 3 N–H and O–H groups in total. The number of amides is 2. The molecule has 0 heterocycles. The second kappa shape index (κ2) is 8.39. The number of rotatable bonds is 6. The number of benzene rings is 2. The summed E-state index contributed by atoms with van der Waals surface area (Å²) in [4.78, 5) is 34.2. The van der Waals surface area contributed by atoms with Crippen molar-refractivity contribution in [1.82, 2.24) is 0 Å². The van der Waals surface area contributed by atoms with Crippen LogP contribution in [0.4, 0.5) is 10.1 Å². The molecule has 0 aliphatic heterocycles. The average molecular weight is 342 g/mol. The highest BCUT2D eigenvalue weighted by Gasteiger charge is 2.06. The Morgan fingerprint density at radius 3 is 2.28 bits per heavy atom. The minimum absolute atomic E-state index is 0.315. The number of nitrogens with one attached hydrogen (secondary N) is 1. The molecule has 2 rings (SSSR count). The van der Waals surface area contributed by atoms with Gasteiger partial charge < -0.3 is 15.8 Å². The number of ether oxygens (including phenoxy) is 1. The molecule has 0 fully saturated rings. The van der Waals surface area contributed by atoms with Crippen molar-refractivity contribution in [2.75, 3.05) is 11.9 Å². The van der Waals surface area contributed by atoms with E-state index in [1.54, 1.807) is 0 Å². The van der Waals surface area contributed by atoms with Gasteiger partial charge in [-0.2, -0.15) is 0 Å². The molecule has 2 aromatic rings. The van der Waals surface area contributed by atoms with Crippen LogP contribution in [-0.2, 0) is 14.3 Å². The molecular formula is C18H15FN2O4. The molecule has 0 aliphatic rings. The van der Waals surface area contributed by atoms with E-state index in [1.165, 1.54) is 54.6 Å². The molecule has 0 bridgehead atoms. The molecule has 0 saturated carbocycles. The van der Waals surface area contributed by atoms with Crippen molar-refractivity contribution in [3.8, 4) is 0 Å². The van der Waals surface area contributed by atoms with E-state index in [1.807, 2.05) is 0 Å². The highest BCUT2D eigenvalue weighted by molar-refractivity contribution is 5.96. The van der Waals surface area contributed by atoms with E-state index < -0.39 is 24.4 Å². The first-order chi connectivity index (χ1) is 11.9. The second-order valence-corrected chi connectivity index (χ2v) is 4.98. The molecule has 0 radical (unpaired) electrons. The van der Waals surface area contributed by atoms with E-state index in [2.05, 4.69) is 5.32 Å². The number of esters is 1. The van der Waals surface area contributed by atoms with Crippen LogP contribution in [0.5, 0.6) is 0 Å². The number of hydrogen-bond donors (Lipinski definition) is 2. The number of carbonyl (C=O) groups excluding carboxylic acids is 3. The summed E-state index contributed by atoms with van der Waals surface area (Å²) in [5, 5.41) is 2.51. The molecular weight excluding hydrogens is 327 g/mol. The minimum atomic E-state index is -0.705. The highest BCUT2D eigenvalue weighted by atomic mass is 19.1.